The van der Waals surface area contributed by atoms with Crippen molar-refractivity contribution in [3.05, 3.63) is 41.7 Å². The minimum atomic E-state index is 0.788. The lowest BCUT2D eigenvalue weighted by Crippen LogP contribution is -2.17. The number of aryl methyl sites for hydroxylation is 1. The predicted octanol–water partition coefficient (Wildman–Crippen LogP) is 3.31. The molecule has 0 bridgehead atoms. The van der Waals surface area contributed by atoms with Gasteiger partial charge in [0.15, 0.2) is 0 Å². The topological polar surface area (TPSA) is 45.5 Å². The second kappa shape index (κ2) is 5.61. The molecule has 0 amide bonds. The van der Waals surface area contributed by atoms with Crippen LogP contribution in [0.3, 0.4) is 0 Å². The molecule has 0 unspecified atom stereocenters. The van der Waals surface area contributed by atoms with Gasteiger partial charge in [-0.1, -0.05) is 23.5 Å². The van der Waals surface area contributed by atoms with Crippen molar-refractivity contribution in [3.63, 3.8) is 0 Å². The van der Waals surface area contributed by atoms with Gasteiger partial charge in [0.25, 0.3) is 0 Å². The second-order valence-electron chi connectivity index (χ2n) is 5.73. The second-order valence-corrected chi connectivity index (χ2v) is 6.69. The van der Waals surface area contributed by atoms with Crippen LogP contribution in [0.4, 0.5) is 10.8 Å². The molecule has 0 atom stereocenters. The highest BCUT2D eigenvalue weighted by molar-refractivity contribution is 7.20. The number of anilines is 2. The Kier molecular flexibility index (Phi) is 3.46. The highest BCUT2D eigenvalue weighted by Gasteiger charge is 2.12. The largest absolute Gasteiger partial charge is 0.372 e. The maximum absolute atomic E-state index is 4.48. The average molecular weight is 313 g/mol. The minimum Gasteiger partial charge on any atom is -0.372 e. The molecule has 2 aromatic heterocycles. The summed E-state index contributed by atoms with van der Waals surface area (Å²) in [6.45, 7) is 5.15. The first-order valence-electron chi connectivity index (χ1n) is 7.68. The van der Waals surface area contributed by atoms with E-state index in [-0.39, 0.29) is 0 Å². The summed E-state index contributed by atoms with van der Waals surface area (Å²) in [5.41, 5.74) is 3.61. The van der Waals surface area contributed by atoms with E-state index in [2.05, 4.69) is 44.6 Å². The third-order valence-electron chi connectivity index (χ3n) is 4.01. The molecule has 114 valence electrons. The summed E-state index contributed by atoms with van der Waals surface area (Å²) >= 11 is 1.58. The third kappa shape index (κ3) is 2.66. The van der Waals surface area contributed by atoms with E-state index in [0.717, 1.165) is 22.3 Å². The Bertz CT molecular complexity index is 736. The molecule has 1 fully saturated rings. The number of imidazole rings is 1. The molecule has 6 heteroatoms. The Morgan fingerprint density at radius 3 is 2.68 bits per heavy atom. The first kappa shape index (κ1) is 13.6. The van der Waals surface area contributed by atoms with Crippen molar-refractivity contribution >= 4 is 27.1 Å². The molecule has 0 radical (unpaired) electrons. The van der Waals surface area contributed by atoms with Crippen LogP contribution in [0.5, 0.6) is 0 Å². The molecule has 0 aliphatic carbocycles. The number of rotatable bonds is 4. The zero-order valence-corrected chi connectivity index (χ0v) is 13.4. The van der Waals surface area contributed by atoms with Crippen LogP contribution in [0, 0.1) is 6.92 Å². The van der Waals surface area contributed by atoms with Crippen molar-refractivity contribution < 1.29 is 0 Å². The first-order valence-corrected chi connectivity index (χ1v) is 8.50. The fraction of sp³-hybridized carbons (Fsp3) is 0.375. The molecule has 1 aliphatic rings. The van der Waals surface area contributed by atoms with Gasteiger partial charge < -0.3 is 10.2 Å². The standard InChI is InChI=1S/C16H19N5S/c1-12-11-21-16(18-12)22-15(19-21)17-10-13-4-6-14(7-5-13)20-8-2-3-9-20/h4-7,11H,2-3,8-10H2,1H3,(H,17,19). The molecule has 5 nitrogen and oxygen atoms in total. The Balaban J connectivity index is 1.41. The van der Waals surface area contributed by atoms with E-state index in [0.29, 0.717) is 0 Å². The Morgan fingerprint density at radius 2 is 1.95 bits per heavy atom. The van der Waals surface area contributed by atoms with E-state index >= 15 is 0 Å². The van der Waals surface area contributed by atoms with Crippen molar-refractivity contribution in [2.75, 3.05) is 23.3 Å². The van der Waals surface area contributed by atoms with Gasteiger partial charge in [0.1, 0.15) is 0 Å². The van der Waals surface area contributed by atoms with Gasteiger partial charge in [-0.3, -0.25) is 0 Å². The van der Waals surface area contributed by atoms with Crippen molar-refractivity contribution in [2.45, 2.75) is 26.3 Å². The van der Waals surface area contributed by atoms with Gasteiger partial charge in [-0.2, -0.15) is 0 Å². The van der Waals surface area contributed by atoms with E-state index in [4.69, 9.17) is 0 Å². The minimum absolute atomic E-state index is 0.788. The molecule has 1 N–H and O–H groups in total. The monoisotopic (exact) mass is 313 g/mol. The fourth-order valence-electron chi connectivity index (χ4n) is 2.86. The van der Waals surface area contributed by atoms with E-state index < -0.39 is 0 Å². The summed E-state index contributed by atoms with van der Waals surface area (Å²) in [7, 11) is 0. The van der Waals surface area contributed by atoms with Gasteiger partial charge in [0.2, 0.25) is 10.1 Å². The zero-order valence-electron chi connectivity index (χ0n) is 12.6. The van der Waals surface area contributed by atoms with Crippen LogP contribution in [0.15, 0.2) is 30.5 Å². The Labute approximate surface area is 133 Å². The van der Waals surface area contributed by atoms with Crippen LogP contribution < -0.4 is 10.2 Å². The summed E-state index contributed by atoms with van der Waals surface area (Å²) in [5.74, 6) is 0. The number of benzene rings is 1. The molecule has 0 saturated carbocycles. The first-order chi connectivity index (χ1) is 10.8. The molecular weight excluding hydrogens is 294 g/mol. The predicted molar refractivity (Wildman–Crippen MR) is 90.8 cm³/mol. The van der Waals surface area contributed by atoms with Gasteiger partial charge >= 0.3 is 0 Å². The molecule has 4 rings (SSSR count). The highest BCUT2D eigenvalue weighted by atomic mass is 32.1. The molecule has 22 heavy (non-hydrogen) atoms. The molecule has 1 aromatic carbocycles. The lowest BCUT2D eigenvalue weighted by molar-refractivity contribution is 0.949. The summed E-state index contributed by atoms with van der Waals surface area (Å²) in [6, 6.07) is 8.84. The van der Waals surface area contributed by atoms with Crippen LogP contribution in [0.25, 0.3) is 4.96 Å². The third-order valence-corrected chi connectivity index (χ3v) is 4.90. The Morgan fingerprint density at radius 1 is 1.18 bits per heavy atom. The summed E-state index contributed by atoms with van der Waals surface area (Å²) in [5, 5.41) is 8.77. The zero-order chi connectivity index (χ0) is 14.9. The lowest BCUT2D eigenvalue weighted by atomic mass is 10.2. The van der Waals surface area contributed by atoms with Crippen molar-refractivity contribution in [1.82, 2.24) is 14.6 Å². The van der Waals surface area contributed by atoms with Gasteiger partial charge in [-0.05, 0) is 37.5 Å². The fourth-order valence-corrected chi connectivity index (χ4v) is 3.68. The molecule has 3 heterocycles. The Hall–Kier alpha value is -2.08. The summed E-state index contributed by atoms with van der Waals surface area (Å²) < 4.78 is 1.83. The van der Waals surface area contributed by atoms with Crippen LogP contribution >= 0.6 is 11.3 Å². The van der Waals surface area contributed by atoms with E-state index in [1.54, 1.807) is 11.3 Å². The quantitative estimate of drug-likeness (QED) is 0.802. The summed E-state index contributed by atoms with van der Waals surface area (Å²) in [6.07, 6.45) is 4.57. The maximum Gasteiger partial charge on any atom is 0.214 e. The maximum atomic E-state index is 4.48. The van der Waals surface area contributed by atoms with Gasteiger partial charge in [0.05, 0.1) is 11.9 Å². The normalized spacial score (nSPS) is 14.9. The van der Waals surface area contributed by atoms with E-state index in [1.807, 2.05) is 17.6 Å². The molecular formula is C16H19N5S. The number of hydrogen-bond donors (Lipinski definition) is 1. The van der Waals surface area contributed by atoms with Crippen molar-refractivity contribution in [2.24, 2.45) is 0 Å². The molecule has 1 saturated heterocycles. The van der Waals surface area contributed by atoms with Crippen LogP contribution in [-0.2, 0) is 6.54 Å². The number of hydrogen-bond acceptors (Lipinski definition) is 5. The molecule has 0 spiro atoms. The lowest BCUT2D eigenvalue weighted by Gasteiger charge is -2.17. The van der Waals surface area contributed by atoms with E-state index in [9.17, 15) is 0 Å². The SMILES string of the molecule is Cc1cn2nc(NCc3ccc(N4CCCC4)cc3)sc2n1. The number of nitrogens with zero attached hydrogens (tertiary/aromatic N) is 4. The number of nitrogens with one attached hydrogen (secondary N) is 1. The van der Waals surface area contributed by atoms with E-state index in [1.165, 1.54) is 37.2 Å². The smallest absolute Gasteiger partial charge is 0.214 e. The van der Waals surface area contributed by atoms with Crippen molar-refractivity contribution in [3.8, 4) is 0 Å². The highest BCUT2D eigenvalue weighted by Crippen LogP contribution is 2.22. The van der Waals surface area contributed by atoms with Crippen LogP contribution in [-0.4, -0.2) is 27.7 Å². The van der Waals surface area contributed by atoms with Gasteiger partial charge in [-0.25, -0.2) is 9.50 Å². The summed E-state index contributed by atoms with van der Waals surface area (Å²) in [4.78, 5) is 7.81. The molecule has 1 aliphatic heterocycles. The van der Waals surface area contributed by atoms with Crippen LogP contribution in [0.2, 0.25) is 0 Å². The van der Waals surface area contributed by atoms with Gasteiger partial charge in [0, 0.05) is 25.3 Å². The molecule has 3 aromatic rings. The average Bonchev–Trinajstić information content (AvgIpc) is 3.21. The van der Waals surface area contributed by atoms with Crippen molar-refractivity contribution in [1.29, 1.82) is 0 Å². The number of fused-ring (bicyclic) bond motifs is 1. The number of aromatic nitrogens is 3. The van der Waals surface area contributed by atoms with Gasteiger partial charge in [-0.15, -0.1) is 5.10 Å². The van der Waals surface area contributed by atoms with Crippen LogP contribution in [0.1, 0.15) is 24.1 Å².